The average molecular weight is 165 g/mol. The highest BCUT2D eigenvalue weighted by Gasteiger charge is 2.00. The van der Waals surface area contributed by atoms with Gasteiger partial charge >= 0.3 is 0 Å². The highest BCUT2D eigenvalue weighted by atomic mass is 15.0. The molecule has 0 aliphatic heterocycles. The van der Waals surface area contributed by atoms with Crippen molar-refractivity contribution < 1.29 is 0 Å². The standard InChI is InChI=1S/C9H15N3/c1-2-9(11)12-8-6-4-3-5-7(8)10/h3-6,9,12H,2,10-11H2,1H3. The molecule has 0 aromatic heterocycles. The minimum atomic E-state index is -0.0188. The van der Waals surface area contributed by atoms with Crippen LogP contribution in [0.15, 0.2) is 24.3 Å². The number of rotatable bonds is 3. The van der Waals surface area contributed by atoms with E-state index in [4.69, 9.17) is 11.5 Å². The maximum atomic E-state index is 5.71. The Balaban J connectivity index is 2.69. The number of anilines is 2. The first-order valence-corrected chi connectivity index (χ1v) is 4.10. The fourth-order valence-corrected chi connectivity index (χ4v) is 0.930. The van der Waals surface area contributed by atoms with Gasteiger partial charge < -0.3 is 16.8 Å². The molecule has 5 N–H and O–H groups in total. The van der Waals surface area contributed by atoms with Crippen LogP contribution in [0.1, 0.15) is 13.3 Å². The van der Waals surface area contributed by atoms with Crippen LogP contribution in [-0.2, 0) is 0 Å². The van der Waals surface area contributed by atoms with Crippen LogP contribution in [0.3, 0.4) is 0 Å². The smallest absolute Gasteiger partial charge is 0.0741 e. The van der Waals surface area contributed by atoms with Gasteiger partial charge in [-0.15, -0.1) is 0 Å². The average Bonchev–Trinajstić information content (AvgIpc) is 2.09. The molecule has 3 heteroatoms. The molecule has 0 spiro atoms. The zero-order valence-electron chi connectivity index (χ0n) is 7.25. The largest absolute Gasteiger partial charge is 0.397 e. The van der Waals surface area contributed by atoms with Gasteiger partial charge in [-0.1, -0.05) is 19.1 Å². The van der Waals surface area contributed by atoms with Gasteiger partial charge in [0.15, 0.2) is 0 Å². The summed E-state index contributed by atoms with van der Waals surface area (Å²) in [7, 11) is 0. The maximum absolute atomic E-state index is 5.71. The van der Waals surface area contributed by atoms with E-state index in [0.29, 0.717) is 0 Å². The van der Waals surface area contributed by atoms with Crippen LogP contribution in [0.4, 0.5) is 11.4 Å². The second-order valence-corrected chi connectivity index (χ2v) is 2.75. The van der Waals surface area contributed by atoms with Crippen molar-refractivity contribution in [3.05, 3.63) is 24.3 Å². The summed E-state index contributed by atoms with van der Waals surface area (Å²) in [5, 5.41) is 3.11. The number of hydrogen-bond acceptors (Lipinski definition) is 3. The van der Waals surface area contributed by atoms with E-state index in [1.54, 1.807) is 0 Å². The highest BCUT2D eigenvalue weighted by Crippen LogP contribution is 2.17. The van der Waals surface area contributed by atoms with Crippen LogP contribution in [-0.4, -0.2) is 6.17 Å². The summed E-state index contributed by atoms with van der Waals surface area (Å²) in [6, 6.07) is 7.61. The first-order valence-electron chi connectivity index (χ1n) is 4.10. The quantitative estimate of drug-likeness (QED) is 0.468. The van der Waals surface area contributed by atoms with E-state index in [0.717, 1.165) is 17.8 Å². The van der Waals surface area contributed by atoms with Crippen LogP contribution in [0.5, 0.6) is 0 Å². The number of hydrogen-bond donors (Lipinski definition) is 3. The fourth-order valence-electron chi connectivity index (χ4n) is 0.930. The molecule has 1 rings (SSSR count). The summed E-state index contributed by atoms with van der Waals surface area (Å²) in [5.74, 6) is 0. The van der Waals surface area contributed by atoms with Gasteiger partial charge in [-0.3, -0.25) is 0 Å². The van der Waals surface area contributed by atoms with Gasteiger partial charge in [0, 0.05) is 0 Å². The Morgan fingerprint density at radius 2 is 2.08 bits per heavy atom. The normalized spacial score (nSPS) is 12.5. The number of para-hydroxylation sites is 2. The minimum Gasteiger partial charge on any atom is -0.397 e. The van der Waals surface area contributed by atoms with Crippen LogP contribution in [0.25, 0.3) is 0 Å². The van der Waals surface area contributed by atoms with E-state index in [1.165, 1.54) is 0 Å². The van der Waals surface area contributed by atoms with E-state index in [1.807, 2.05) is 31.2 Å². The van der Waals surface area contributed by atoms with Crippen molar-refractivity contribution >= 4 is 11.4 Å². The third-order valence-corrected chi connectivity index (χ3v) is 1.74. The van der Waals surface area contributed by atoms with E-state index >= 15 is 0 Å². The molecule has 0 amide bonds. The summed E-state index contributed by atoms with van der Waals surface area (Å²) in [4.78, 5) is 0. The van der Waals surface area contributed by atoms with Crippen LogP contribution in [0.2, 0.25) is 0 Å². The second-order valence-electron chi connectivity index (χ2n) is 2.75. The summed E-state index contributed by atoms with van der Waals surface area (Å²) < 4.78 is 0. The topological polar surface area (TPSA) is 64.1 Å². The van der Waals surface area contributed by atoms with Crippen LogP contribution >= 0.6 is 0 Å². The van der Waals surface area contributed by atoms with E-state index in [9.17, 15) is 0 Å². The van der Waals surface area contributed by atoms with Gasteiger partial charge in [-0.05, 0) is 18.6 Å². The third kappa shape index (κ3) is 2.13. The maximum Gasteiger partial charge on any atom is 0.0741 e. The molecule has 1 aromatic carbocycles. The van der Waals surface area contributed by atoms with Crippen LogP contribution < -0.4 is 16.8 Å². The highest BCUT2D eigenvalue weighted by molar-refractivity contribution is 5.65. The Bertz CT molecular complexity index is 247. The molecule has 3 nitrogen and oxygen atoms in total. The molecule has 1 aromatic rings. The molecule has 1 unspecified atom stereocenters. The van der Waals surface area contributed by atoms with Crippen molar-refractivity contribution in [2.45, 2.75) is 19.5 Å². The van der Waals surface area contributed by atoms with Crippen molar-refractivity contribution in [1.82, 2.24) is 0 Å². The first-order chi connectivity index (χ1) is 5.74. The second kappa shape index (κ2) is 3.97. The Morgan fingerprint density at radius 3 is 2.67 bits per heavy atom. The molecule has 0 aliphatic carbocycles. The Morgan fingerprint density at radius 1 is 1.42 bits per heavy atom. The molecule has 66 valence electrons. The zero-order valence-corrected chi connectivity index (χ0v) is 7.25. The SMILES string of the molecule is CCC(N)Nc1ccccc1N. The number of nitrogen functional groups attached to an aromatic ring is 1. The molecular formula is C9H15N3. The summed E-state index contributed by atoms with van der Waals surface area (Å²) in [6.45, 7) is 2.02. The number of nitrogens with two attached hydrogens (primary N) is 2. The molecule has 1 atom stereocenters. The Hall–Kier alpha value is -1.22. The molecule has 0 fully saturated rings. The lowest BCUT2D eigenvalue weighted by molar-refractivity contribution is 0.730. The van der Waals surface area contributed by atoms with Gasteiger partial charge in [0.1, 0.15) is 0 Å². The molecule has 0 heterocycles. The molecule has 0 saturated heterocycles. The summed E-state index contributed by atoms with van der Waals surface area (Å²) >= 11 is 0. The van der Waals surface area contributed by atoms with Gasteiger partial charge in [-0.2, -0.15) is 0 Å². The van der Waals surface area contributed by atoms with E-state index < -0.39 is 0 Å². The van der Waals surface area contributed by atoms with Crippen LogP contribution in [0, 0.1) is 0 Å². The first kappa shape index (κ1) is 8.87. The molecule has 0 saturated carbocycles. The zero-order chi connectivity index (χ0) is 8.97. The van der Waals surface area contributed by atoms with Crippen molar-refractivity contribution in [2.75, 3.05) is 11.1 Å². The molecular weight excluding hydrogens is 150 g/mol. The summed E-state index contributed by atoms with van der Waals surface area (Å²) in [6.07, 6.45) is 0.864. The van der Waals surface area contributed by atoms with Gasteiger partial charge in [0.25, 0.3) is 0 Å². The lowest BCUT2D eigenvalue weighted by atomic mass is 10.2. The predicted octanol–water partition coefficient (Wildman–Crippen LogP) is 1.38. The number of benzene rings is 1. The lowest BCUT2D eigenvalue weighted by Crippen LogP contribution is -2.28. The summed E-state index contributed by atoms with van der Waals surface area (Å²) in [5.41, 5.74) is 13.1. The Labute approximate surface area is 72.8 Å². The van der Waals surface area contributed by atoms with Crippen molar-refractivity contribution in [3.63, 3.8) is 0 Å². The lowest BCUT2D eigenvalue weighted by Gasteiger charge is -2.14. The van der Waals surface area contributed by atoms with E-state index in [-0.39, 0.29) is 6.17 Å². The predicted molar refractivity (Wildman–Crippen MR) is 52.7 cm³/mol. The van der Waals surface area contributed by atoms with Crippen molar-refractivity contribution in [1.29, 1.82) is 0 Å². The van der Waals surface area contributed by atoms with Gasteiger partial charge in [-0.25, -0.2) is 0 Å². The van der Waals surface area contributed by atoms with Gasteiger partial charge in [0.2, 0.25) is 0 Å². The molecule has 0 bridgehead atoms. The molecule has 12 heavy (non-hydrogen) atoms. The number of nitrogens with one attached hydrogen (secondary N) is 1. The van der Waals surface area contributed by atoms with Crippen molar-refractivity contribution in [3.8, 4) is 0 Å². The third-order valence-electron chi connectivity index (χ3n) is 1.74. The van der Waals surface area contributed by atoms with Gasteiger partial charge in [0.05, 0.1) is 17.5 Å². The van der Waals surface area contributed by atoms with E-state index in [2.05, 4.69) is 5.32 Å². The monoisotopic (exact) mass is 165 g/mol. The fraction of sp³-hybridized carbons (Fsp3) is 0.333. The molecule has 0 radical (unpaired) electrons. The molecule has 0 aliphatic rings. The minimum absolute atomic E-state index is 0.0188. The Kier molecular flexibility index (Phi) is 2.94. The van der Waals surface area contributed by atoms with Crippen molar-refractivity contribution in [2.24, 2.45) is 5.73 Å².